The second kappa shape index (κ2) is 6.91. The molecule has 1 rings (SSSR count). The molecule has 0 spiro atoms. The summed E-state index contributed by atoms with van der Waals surface area (Å²) in [5.74, 6) is 0. The summed E-state index contributed by atoms with van der Waals surface area (Å²) in [6, 6.07) is 12.5. The highest BCUT2D eigenvalue weighted by molar-refractivity contribution is 6.76. The second-order valence-electron chi connectivity index (χ2n) is 6.14. The Balaban J connectivity index is 2.74. The van der Waals surface area contributed by atoms with Crippen molar-refractivity contribution in [1.29, 1.82) is 0 Å². The van der Waals surface area contributed by atoms with Crippen LogP contribution in [0.5, 0.6) is 0 Å². The average Bonchev–Trinajstić information content (AvgIpc) is 2.34. The van der Waals surface area contributed by atoms with Gasteiger partial charge in [0.05, 0.1) is 0 Å². The minimum Gasteiger partial charge on any atom is -0.313 e. The third-order valence-corrected chi connectivity index (χ3v) is 4.70. The number of hydrogen-bond acceptors (Lipinski definition) is 1. The van der Waals surface area contributed by atoms with Crippen LogP contribution in [-0.2, 0) is 0 Å². The molecule has 0 radical (unpaired) electrons. The maximum Gasteiger partial charge on any atom is 0.0483 e. The van der Waals surface area contributed by atoms with E-state index in [-0.39, 0.29) is 0 Å². The summed E-state index contributed by atoms with van der Waals surface area (Å²) in [6.45, 7) is 9.49. The quantitative estimate of drug-likeness (QED) is 0.582. The van der Waals surface area contributed by atoms with Crippen LogP contribution in [0.25, 0.3) is 0 Å². The topological polar surface area (TPSA) is 12.0 Å². The van der Waals surface area contributed by atoms with Crippen LogP contribution >= 0.6 is 0 Å². The fourth-order valence-corrected chi connectivity index (χ4v) is 4.02. The maximum absolute atomic E-state index is 3.44. The summed E-state index contributed by atoms with van der Waals surface area (Å²) in [5, 5.41) is 3.44. The lowest BCUT2D eigenvalue weighted by Crippen LogP contribution is -2.23. The first-order chi connectivity index (χ1) is 8.46. The van der Waals surface area contributed by atoms with Gasteiger partial charge in [0.1, 0.15) is 0 Å². The molecule has 0 aliphatic heterocycles. The summed E-state index contributed by atoms with van der Waals surface area (Å²) in [4.78, 5) is 0. The number of rotatable bonds is 6. The lowest BCUT2D eigenvalue weighted by atomic mass is 10.00. The fourth-order valence-electron chi connectivity index (χ4n) is 2.31. The molecule has 1 unspecified atom stereocenters. The number of benzene rings is 1. The van der Waals surface area contributed by atoms with Gasteiger partial charge in [0, 0.05) is 14.1 Å². The fraction of sp³-hybridized carbons (Fsp3) is 0.500. The molecule has 1 aromatic carbocycles. The molecule has 0 amide bonds. The van der Waals surface area contributed by atoms with Gasteiger partial charge in [-0.15, -0.1) is 0 Å². The minimum atomic E-state index is -1.02. The zero-order chi connectivity index (χ0) is 13.6. The third-order valence-electron chi connectivity index (χ3n) is 3.18. The Hall–Kier alpha value is -0.863. The lowest BCUT2D eigenvalue weighted by molar-refractivity contribution is 0.588. The van der Waals surface area contributed by atoms with Gasteiger partial charge < -0.3 is 5.32 Å². The molecule has 0 aromatic heterocycles. The van der Waals surface area contributed by atoms with Gasteiger partial charge in [0.25, 0.3) is 0 Å². The van der Waals surface area contributed by atoms with Crippen molar-refractivity contribution in [2.45, 2.75) is 45.1 Å². The zero-order valence-corrected chi connectivity index (χ0v) is 13.5. The molecule has 2 heteroatoms. The molecule has 0 fully saturated rings. The SMILES string of the molecule is C/C=C(\CC(NC)c1ccccc1)C[Si](C)(C)C. The zero-order valence-electron chi connectivity index (χ0n) is 12.5. The molecule has 0 bridgehead atoms. The van der Waals surface area contributed by atoms with Gasteiger partial charge in [-0.25, -0.2) is 0 Å². The van der Waals surface area contributed by atoms with Gasteiger partial charge >= 0.3 is 0 Å². The molecule has 1 atom stereocenters. The molecule has 0 aliphatic carbocycles. The van der Waals surface area contributed by atoms with Crippen molar-refractivity contribution in [2.24, 2.45) is 0 Å². The van der Waals surface area contributed by atoms with Crippen LogP contribution in [-0.4, -0.2) is 15.1 Å². The monoisotopic (exact) mass is 261 g/mol. The Morgan fingerprint density at radius 1 is 1.22 bits per heavy atom. The van der Waals surface area contributed by atoms with Crippen LogP contribution in [0.2, 0.25) is 25.7 Å². The van der Waals surface area contributed by atoms with Crippen LogP contribution in [0.4, 0.5) is 0 Å². The average molecular weight is 261 g/mol. The second-order valence-corrected chi connectivity index (χ2v) is 11.6. The Kier molecular flexibility index (Phi) is 5.83. The normalized spacial score (nSPS) is 14.6. The van der Waals surface area contributed by atoms with Gasteiger partial charge in [0.2, 0.25) is 0 Å². The standard InChI is InChI=1S/C16H27NSi/c1-6-14(13-18(3,4)5)12-16(17-2)15-10-8-7-9-11-15/h6-11,16-17H,12-13H2,1-5H3/b14-6+. The van der Waals surface area contributed by atoms with Crippen molar-refractivity contribution >= 4 is 8.07 Å². The van der Waals surface area contributed by atoms with E-state index in [1.54, 1.807) is 5.57 Å². The highest BCUT2D eigenvalue weighted by Gasteiger charge is 2.18. The smallest absolute Gasteiger partial charge is 0.0483 e. The van der Waals surface area contributed by atoms with E-state index in [1.165, 1.54) is 11.6 Å². The first-order valence-electron chi connectivity index (χ1n) is 6.82. The van der Waals surface area contributed by atoms with E-state index in [9.17, 15) is 0 Å². The number of nitrogens with one attached hydrogen (secondary N) is 1. The molecular weight excluding hydrogens is 234 g/mol. The Labute approximate surface area is 113 Å². The summed E-state index contributed by atoms with van der Waals surface area (Å²) in [6.07, 6.45) is 3.44. The summed E-state index contributed by atoms with van der Waals surface area (Å²) >= 11 is 0. The minimum absolute atomic E-state index is 0.439. The largest absolute Gasteiger partial charge is 0.313 e. The summed E-state index contributed by atoms with van der Waals surface area (Å²) in [7, 11) is 1.04. The van der Waals surface area contributed by atoms with Gasteiger partial charge in [-0.3, -0.25) is 0 Å². The van der Waals surface area contributed by atoms with Crippen LogP contribution < -0.4 is 5.32 Å². The lowest BCUT2D eigenvalue weighted by Gasteiger charge is -2.23. The van der Waals surface area contributed by atoms with Crippen LogP contribution in [0.1, 0.15) is 24.9 Å². The van der Waals surface area contributed by atoms with Crippen molar-refractivity contribution in [3.8, 4) is 0 Å². The number of allylic oxidation sites excluding steroid dienone is 1. The van der Waals surface area contributed by atoms with Crippen molar-refractivity contribution in [2.75, 3.05) is 7.05 Å². The van der Waals surface area contributed by atoms with Gasteiger partial charge in [-0.1, -0.05) is 61.6 Å². The van der Waals surface area contributed by atoms with Crippen LogP contribution in [0, 0.1) is 0 Å². The first-order valence-corrected chi connectivity index (χ1v) is 10.5. The Bertz CT molecular complexity index is 376. The molecule has 18 heavy (non-hydrogen) atoms. The predicted molar refractivity (Wildman–Crippen MR) is 84.8 cm³/mol. The molecule has 0 saturated carbocycles. The highest BCUT2D eigenvalue weighted by atomic mass is 28.3. The maximum atomic E-state index is 3.44. The van der Waals surface area contributed by atoms with Crippen molar-refractivity contribution < 1.29 is 0 Å². The predicted octanol–water partition coefficient (Wildman–Crippen LogP) is 4.62. The molecule has 0 heterocycles. The molecular formula is C16H27NSi. The van der Waals surface area contributed by atoms with Crippen LogP contribution in [0.15, 0.2) is 42.0 Å². The number of hydrogen-bond donors (Lipinski definition) is 1. The van der Waals surface area contributed by atoms with Gasteiger partial charge in [-0.2, -0.15) is 0 Å². The molecule has 1 nitrogen and oxygen atoms in total. The van der Waals surface area contributed by atoms with Gasteiger partial charge in [0.15, 0.2) is 0 Å². The van der Waals surface area contributed by atoms with Crippen molar-refractivity contribution in [3.05, 3.63) is 47.5 Å². The first kappa shape index (κ1) is 15.2. The molecule has 0 saturated heterocycles. The van der Waals surface area contributed by atoms with Crippen LogP contribution in [0.3, 0.4) is 0 Å². The van der Waals surface area contributed by atoms with Gasteiger partial charge in [-0.05, 0) is 32.0 Å². The van der Waals surface area contributed by atoms with Crippen molar-refractivity contribution in [3.63, 3.8) is 0 Å². The Morgan fingerprint density at radius 3 is 2.28 bits per heavy atom. The van der Waals surface area contributed by atoms with E-state index in [2.05, 4.69) is 75.3 Å². The Morgan fingerprint density at radius 2 is 1.83 bits per heavy atom. The molecule has 1 N–H and O–H groups in total. The molecule has 0 aliphatic rings. The van der Waals surface area contributed by atoms with E-state index in [0.717, 1.165) is 6.42 Å². The van der Waals surface area contributed by atoms with E-state index in [1.807, 2.05) is 0 Å². The van der Waals surface area contributed by atoms with E-state index in [0.29, 0.717) is 6.04 Å². The van der Waals surface area contributed by atoms with Crippen molar-refractivity contribution in [1.82, 2.24) is 5.32 Å². The highest BCUT2D eigenvalue weighted by Crippen LogP contribution is 2.26. The van der Waals surface area contributed by atoms with E-state index >= 15 is 0 Å². The van der Waals surface area contributed by atoms with E-state index in [4.69, 9.17) is 0 Å². The molecule has 1 aromatic rings. The third kappa shape index (κ3) is 5.19. The molecule has 100 valence electrons. The summed E-state index contributed by atoms with van der Waals surface area (Å²) < 4.78 is 0. The summed E-state index contributed by atoms with van der Waals surface area (Å²) in [5.41, 5.74) is 2.98. The van der Waals surface area contributed by atoms with E-state index < -0.39 is 8.07 Å².